The predicted octanol–water partition coefficient (Wildman–Crippen LogP) is -0.221. The Balaban J connectivity index is 2.14. The SMILES string of the molecule is Cc1noc(C)c1S(=O)(=O)NC(C)C(=O)N1CCNC[C@@H]1C. The molecule has 1 aliphatic rings. The lowest BCUT2D eigenvalue weighted by Gasteiger charge is -2.35. The molecule has 1 aliphatic heterocycles. The highest BCUT2D eigenvalue weighted by Crippen LogP contribution is 2.19. The van der Waals surface area contributed by atoms with E-state index in [1.165, 1.54) is 6.92 Å². The molecule has 0 saturated carbocycles. The Labute approximate surface area is 130 Å². The number of amides is 1. The lowest BCUT2D eigenvalue weighted by molar-refractivity contribution is -0.135. The summed E-state index contributed by atoms with van der Waals surface area (Å²) >= 11 is 0. The number of piperazine rings is 1. The summed E-state index contributed by atoms with van der Waals surface area (Å²) < 4.78 is 32.1. The molecule has 2 atom stereocenters. The van der Waals surface area contributed by atoms with E-state index in [-0.39, 0.29) is 28.3 Å². The van der Waals surface area contributed by atoms with Crippen LogP contribution in [-0.4, -0.2) is 56.1 Å². The number of nitrogens with zero attached hydrogens (tertiary/aromatic N) is 2. The minimum absolute atomic E-state index is 0.000472. The normalized spacial score (nSPS) is 20.9. The van der Waals surface area contributed by atoms with Crippen LogP contribution in [0.3, 0.4) is 0 Å². The van der Waals surface area contributed by atoms with E-state index in [9.17, 15) is 13.2 Å². The van der Waals surface area contributed by atoms with Crippen LogP contribution in [0.4, 0.5) is 0 Å². The average molecular weight is 330 g/mol. The van der Waals surface area contributed by atoms with Crippen LogP contribution in [0.1, 0.15) is 25.3 Å². The van der Waals surface area contributed by atoms with E-state index in [1.807, 2.05) is 6.92 Å². The summed E-state index contributed by atoms with van der Waals surface area (Å²) in [5, 5.41) is 6.83. The van der Waals surface area contributed by atoms with Gasteiger partial charge in [0.25, 0.3) is 0 Å². The lowest BCUT2D eigenvalue weighted by Crippen LogP contribution is -2.57. The van der Waals surface area contributed by atoms with Crippen molar-refractivity contribution in [2.45, 2.75) is 44.7 Å². The van der Waals surface area contributed by atoms with E-state index in [4.69, 9.17) is 4.52 Å². The molecule has 1 saturated heterocycles. The summed E-state index contributed by atoms with van der Waals surface area (Å²) in [5.74, 6) is -0.0236. The molecule has 2 N–H and O–H groups in total. The number of nitrogens with one attached hydrogen (secondary N) is 2. The Kier molecular flexibility index (Phi) is 4.88. The Morgan fingerprint density at radius 2 is 2.18 bits per heavy atom. The van der Waals surface area contributed by atoms with Crippen molar-refractivity contribution in [3.63, 3.8) is 0 Å². The minimum Gasteiger partial charge on any atom is -0.360 e. The van der Waals surface area contributed by atoms with E-state index in [1.54, 1.807) is 18.7 Å². The van der Waals surface area contributed by atoms with Gasteiger partial charge in [0, 0.05) is 25.7 Å². The maximum absolute atomic E-state index is 12.5. The minimum atomic E-state index is -3.85. The number of sulfonamides is 1. The van der Waals surface area contributed by atoms with Crippen LogP contribution in [-0.2, 0) is 14.8 Å². The second-order valence-electron chi connectivity index (χ2n) is 5.58. The molecule has 8 nitrogen and oxygen atoms in total. The summed E-state index contributed by atoms with van der Waals surface area (Å²) in [6, 6.07) is -0.813. The van der Waals surface area contributed by atoms with Gasteiger partial charge in [-0.2, -0.15) is 4.72 Å². The van der Waals surface area contributed by atoms with Gasteiger partial charge in [0.2, 0.25) is 15.9 Å². The fourth-order valence-corrected chi connectivity index (χ4v) is 4.14. The highest BCUT2D eigenvalue weighted by atomic mass is 32.2. The van der Waals surface area contributed by atoms with Crippen LogP contribution in [0.5, 0.6) is 0 Å². The van der Waals surface area contributed by atoms with Crippen molar-refractivity contribution < 1.29 is 17.7 Å². The maximum Gasteiger partial charge on any atom is 0.246 e. The van der Waals surface area contributed by atoms with Crippen molar-refractivity contribution >= 4 is 15.9 Å². The zero-order valence-electron chi connectivity index (χ0n) is 13.2. The standard InChI is InChI=1S/C13H22N4O4S/c1-8-7-14-5-6-17(8)13(18)10(3)16-22(19,20)12-9(2)15-21-11(12)4/h8,10,14,16H,5-7H2,1-4H3/t8-,10?/m0/s1. The monoisotopic (exact) mass is 330 g/mol. The predicted molar refractivity (Wildman–Crippen MR) is 79.8 cm³/mol. The molecule has 9 heteroatoms. The van der Waals surface area contributed by atoms with Gasteiger partial charge in [-0.1, -0.05) is 5.16 Å². The Morgan fingerprint density at radius 3 is 2.73 bits per heavy atom. The molecule has 1 unspecified atom stereocenters. The number of carbonyl (C=O) groups is 1. The molecule has 0 radical (unpaired) electrons. The molecule has 22 heavy (non-hydrogen) atoms. The summed E-state index contributed by atoms with van der Waals surface area (Å²) in [6.45, 7) is 8.54. The second kappa shape index (κ2) is 6.35. The van der Waals surface area contributed by atoms with E-state index in [0.717, 1.165) is 0 Å². The van der Waals surface area contributed by atoms with E-state index in [0.29, 0.717) is 19.6 Å². The quantitative estimate of drug-likeness (QED) is 0.791. The van der Waals surface area contributed by atoms with Crippen molar-refractivity contribution in [1.29, 1.82) is 0 Å². The zero-order valence-corrected chi connectivity index (χ0v) is 14.0. The molecule has 124 valence electrons. The summed E-state index contributed by atoms with van der Waals surface area (Å²) in [6.07, 6.45) is 0. The second-order valence-corrected chi connectivity index (χ2v) is 7.23. The fraction of sp³-hybridized carbons (Fsp3) is 0.692. The number of aromatic nitrogens is 1. The lowest BCUT2D eigenvalue weighted by atomic mass is 10.2. The van der Waals surface area contributed by atoms with Crippen molar-refractivity contribution in [3.05, 3.63) is 11.5 Å². The fourth-order valence-electron chi connectivity index (χ4n) is 2.62. The van der Waals surface area contributed by atoms with Crippen molar-refractivity contribution in [1.82, 2.24) is 20.1 Å². The number of aryl methyl sites for hydroxylation is 2. The molecule has 0 aromatic carbocycles. The number of carbonyl (C=O) groups excluding carboxylic acids is 1. The van der Waals surface area contributed by atoms with Gasteiger partial charge < -0.3 is 14.7 Å². The maximum atomic E-state index is 12.5. The highest BCUT2D eigenvalue weighted by molar-refractivity contribution is 7.89. The third-order valence-electron chi connectivity index (χ3n) is 3.72. The third-order valence-corrected chi connectivity index (χ3v) is 5.51. The van der Waals surface area contributed by atoms with Gasteiger partial charge in [0.1, 0.15) is 10.6 Å². The first-order chi connectivity index (χ1) is 10.2. The van der Waals surface area contributed by atoms with Gasteiger partial charge in [-0.25, -0.2) is 8.42 Å². The molecule has 0 spiro atoms. The highest BCUT2D eigenvalue weighted by Gasteiger charge is 2.32. The molecule has 2 rings (SSSR count). The number of hydrogen-bond donors (Lipinski definition) is 2. The average Bonchev–Trinajstić information content (AvgIpc) is 2.78. The van der Waals surface area contributed by atoms with E-state index >= 15 is 0 Å². The van der Waals surface area contributed by atoms with Crippen LogP contribution in [0.25, 0.3) is 0 Å². The van der Waals surface area contributed by atoms with Crippen molar-refractivity contribution in [2.75, 3.05) is 19.6 Å². The van der Waals surface area contributed by atoms with Gasteiger partial charge >= 0.3 is 0 Å². The van der Waals surface area contributed by atoms with Gasteiger partial charge in [-0.3, -0.25) is 4.79 Å². The Bertz CT molecular complexity index is 635. The summed E-state index contributed by atoms with van der Waals surface area (Å²) in [5.41, 5.74) is 0.278. The van der Waals surface area contributed by atoms with Crippen LogP contribution in [0.2, 0.25) is 0 Å². The summed E-state index contributed by atoms with van der Waals surface area (Å²) in [7, 11) is -3.85. The molecule has 0 bridgehead atoms. The van der Waals surface area contributed by atoms with Crippen molar-refractivity contribution in [2.24, 2.45) is 0 Å². The summed E-state index contributed by atoms with van der Waals surface area (Å²) in [4.78, 5) is 14.1. The first kappa shape index (κ1) is 16.9. The molecular formula is C13H22N4O4S. The Morgan fingerprint density at radius 1 is 1.50 bits per heavy atom. The van der Waals surface area contributed by atoms with E-state index < -0.39 is 16.1 Å². The topological polar surface area (TPSA) is 105 Å². The number of hydrogen-bond acceptors (Lipinski definition) is 6. The molecule has 2 heterocycles. The first-order valence-electron chi connectivity index (χ1n) is 7.20. The molecule has 1 amide bonds. The van der Waals surface area contributed by atoms with E-state index in [2.05, 4.69) is 15.2 Å². The molecular weight excluding hydrogens is 308 g/mol. The van der Waals surface area contributed by atoms with Crippen LogP contribution < -0.4 is 10.0 Å². The van der Waals surface area contributed by atoms with Gasteiger partial charge in [-0.05, 0) is 27.7 Å². The zero-order chi connectivity index (χ0) is 16.5. The van der Waals surface area contributed by atoms with Crippen LogP contribution in [0, 0.1) is 13.8 Å². The largest absolute Gasteiger partial charge is 0.360 e. The van der Waals surface area contributed by atoms with Gasteiger partial charge in [0.05, 0.1) is 6.04 Å². The number of rotatable bonds is 4. The van der Waals surface area contributed by atoms with Gasteiger partial charge in [-0.15, -0.1) is 0 Å². The Hall–Kier alpha value is -1.45. The first-order valence-corrected chi connectivity index (χ1v) is 8.68. The molecule has 0 aliphatic carbocycles. The van der Waals surface area contributed by atoms with Gasteiger partial charge in [0.15, 0.2) is 5.76 Å². The molecule has 1 fully saturated rings. The smallest absolute Gasteiger partial charge is 0.246 e. The molecule has 1 aromatic heterocycles. The molecule has 1 aromatic rings. The van der Waals surface area contributed by atoms with Crippen molar-refractivity contribution in [3.8, 4) is 0 Å². The van der Waals surface area contributed by atoms with Crippen LogP contribution in [0.15, 0.2) is 9.42 Å². The van der Waals surface area contributed by atoms with Crippen LogP contribution >= 0.6 is 0 Å². The third kappa shape index (κ3) is 3.31.